The summed E-state index contributed by atoms with van der Waals surface area (Å²) in [5, 5.41) is 1.49. The van der Waals surface area contributed by atoms with Crippen LogP contribution in [0.3, 0.4) is 0 Å². The van der Waals surface area contributed by atoms with Crippen LogP contribution >= 0.6 is 19.4 Å². The van der Waals surface area contributed by atoms with E-state index in [9.17, 15) is 22.8 Å². The van der Waals surface area contributed by atoms with Crippen LogP contribution in [0.2, 0.25) is 5.02 Å². The number of aromatic nitrogens is 1. The second-order valence-corrected chi connectivity index (χ2v) is 10.4. The van der Waals surface area contributed by atoms with Crippen LogP contribution in [0.25, 0.3) is 21.8 Å². The number of phosphoric ester groups is 1. The van der Waals surface area contributed by atoms with Gasteiger partial charge in [0.25, 0.3) is 10.0 Å². The first-order valence-corrected chi connectivity index (χ1v) is 12.9. The van der Waals surface area contributed by atoms with E-state index >= 15 is 0 Å². The Labute approximate surface area is 256 Å². The number of nitrogens with zero attached hydrogens (tertiary/aromatic N) is 1. The van der Waals surface area contributed by atoms with Crippen LogP contribution in [0, 0.1) is 0 Å². The molecule has 0 unspecified atom stereocenters. The molecule has 0 radical (unpaired) electrons. The summed E-state index contributed by atoms with van der Waals surface area (Å²) in [5.41, 5.74) is 1.38. The van der Waals surface area contributed by atoms with E-state index in [-0.39, 0.29) is 92.0 Å². The van der Waals surface area contributed by atoms with Crippen molar-refractivity contribution < 1.29 is 95.9 Å². The van der Waals surface area contributed by atoms with E-state index in [0.29, 0.717) is 21.8 Å². The largest absolute Gasteiger partial charge is 1.00 e. The average Bonchev–Trinajstić information content (AvgIpc) is 3.04. The molecule has 0 saturated heterocycles. The second-order valence-electron chi connectivity index (χ2n) is 7.25. The zero-order valence-corrected chi connectivity index (χ0v) is 26.5. The van der Waals surface area contributed by atoms with E-state index in [0.717, 1.165) is 0 Å². The van der Waals surface area contributed by atoms with Gasteiger partial charge in [-0.05, 0) is 30.3 Å². The molecule has 0 fully saturated rings. The molecule has 0 saturated carbocycles. The van der Waals surface area contributed by atoms with Crippen molar-refractivity contribution >= 4 is 56.9 Å². The Kier molecular flexibility index (Phi) is 10.3. The van der Waals surface area contributed by atoms with Crippen molar-refractivity contribution in [1.82, 2.24) is 4.57 Å². The first-order valence-electron chi connectivity index (χ1n) is 9.61. The molecule has 4 aromatic rings. The second kappa shape index (κ2) is 11.8. The quantitative estimate of drug-likeness (QED) is 0.183. The van der Waals surface area contributed by atoms with Gasteiger partial charge in [0.05, 0.1) is 35.3 Å². The maximum atomic E-state index is 13.2. The maximum Gasteiger partial charge on any atom is 1.00 e. The number of phosphoric acid groups is 1. The van der Waals surface area contributed by atoms with Gasteiger partial charge >= 0.3 is 59.1 Å². The number of hydrogen-bond donors (Lipinski definition) is 1. The minimum Gasteiger partial charge on any atom is -0.780 e. The predicted octanol–water partition coefficient (Wildman–Crippen LogP) is -2.98. The molecule has 180 valence electrons. The molecule has 0 aliphatic carbocycles. The minimum atomic E-state index is -5.22. The van der Waals surface area contributed by atoms with Gasteiger partial charge in [-0.3, -0.25) is 4.72 Å². The summed E-state index contributed by atoms with van der Waals surface area (Å²) in [7, 11) is -4.76. The van der Waals surface area contributed by atoms with E-state index in [1.54, 1.807) is 23.7 Å². The van der Waals surface area contributed by atoms with Crippen LogP contribution in [0.1, 0.15) is 0 Å². The zero-order chi connectivity index (χ0) is 24.8. The Morgan fingerprint density at radius 1 is 0.917 bits per heavy atom. The fourth-order valence-electron chi connectivity index (χ4n) is 3.67. The third-order valence-corrected chi connectivity index (χ3v) is 7.29. The van der Waals surface area contributed by atoms with Gasteiger partial charge in [-0.25, -0.2) is 8.42 Å². The molecule has 36 heavy (non-hydrogen) atoms. The number of benzene rings is 3. The number of rotatable bonds is 7. The number of fused-ring (bicyclic) bond motifs is 3. The summed E-state index contributed by atoms with van der Waals surface area (Å²) in [6, 6.07) is 11.7. The monoisotopic (exact) mass is 570 g/mol. The molecule has 0 aliphatic heterocycles. The fourth-order valence-corrected chi connectivity index (χ4v) is 5.36. The van der Waals surface area contributed by atoms with Crippen molar-refractivity contribution in [3.05, 3.63) is 53.6 Å². The van der Waals surface area contributed by atoms with Crippen molar-refractivity contribution in [2.24, 2.45) is 7.05 Å². The topological polar surface area (TPSA) is 142 Å². The SMILES string of the molecule is COc1cc(NS(=O)(=O)c2ccc3c(c2)c2ccc(OP(=O)([O-])[O-])cc2n3C)c(OC)cc1Cl.[Na+].[Na+]. The summed E-state index contributed by atoms with van der Waals surface area (Å²) < 4.78 is 56.4. The number of methoxy groups -OCH3 is 2. The van der Waals surface area contributed by atoms with Crippen molar-refractivity contribution in [3.8, 4) is 17.2 Å². The number of ether oxygens (including phenoxy) is 2. The molecule has 10 nitrogen and oxygen atoms in total. The third kappa shape index (κ3) is 6.36. The number of anilines is 1. The molecular formula is C21H18ClN2Na2O8PS. The van der Waals surface area contributed by atoms with Crippen LogP contribution < -0.4 is 87.6 Å². The van der Waals surface area contributed by atoms with Gasteiger partial charge in [0.2, 0.25) is 0 Å². The summed E-state index contributed by atoms with van der Waals surface area (Å²) in [6.07, 6.45) is 0. The van der Waals surface area contributed by atoms with Crippen molar-refractivity contribution in [1.29, 1.82) is 0 Å². The van der Waals surface area contributed by atoms with Gasteiger partial charge in [-0.2, -0.15) is 0 Å². The van der Waals surface area contributed by atoms with Crippen molar-refractivity contribution in [3.63, 3.8) is 0 Å². The molecule has 3 aromatic carbocycles. The van der Waals surface area contributed by atoms with E-state index in [2.05, 4.69) is 9.25 Å². The Bertz CT molecular complexity index is 1590. The first-order chi connectivity index (χ1) is 15.9. The Hall–Kier alpha value is -0.950. The van der Waals surface area contributed by atoms with Crippen LogP contribution in [0.5, 0.6) is 17.2 Å². The third-order valence-electron chi connectivity index (χ3n) is 5.20. The van der Waals surface area contributed by atoms with Crippen LogP contribution in [-0.4, -0.2) is 27.2 Å². The van der Waals surface area contributed by atoms with E-state index in [4.69, 9.17) is 21.1 Å². The molecule has 15 heteroatoms. The molecule has 1 aromatic heterocycles. The molecule has 1 heterocycles. The van der Waals surface area contributed by atoms with Crippen LogP contribution in [0.15, 0.2) is 53.4 Å². The minimum absolute atomic E-state index is 0. The smallest absolute Gasteiger partial charge is 0.780 e. The van der Waals surface area contributed by atoms with Gasteiger partial charge in [-0.1, -0.05) is 11.6 Å². The number of aryl methyl sites for hydroxylation is 1. The van der Waals surface area contributed by atoms with Gasteiger partial charge in [0.15, 0.2) is 0 Å². The molecule has 1 N–H and O–H groups in total. The van der Waals surface area contributed by atoms with E-state index in [1.165, 1.54) is 50.6 Å². The van der Waals surface area contributed by atoms with Crippen LogP contribution in [0.4, 0.5) is 5.69 Å². The number of nitrogens with one attached hydrogen (secondary N) is 1. The average molecular weight is 571 g/mol. The standard InChI is InChI=1S/C21H20ClN2O8PS.2Na/c1-24-18-7-5-13(9-15(18)14-6-4-12(8-19(14)24)32-33(25,26)27)34(28,29)23-17-11-20(30-2)16(22)10-21(17)31-3;;/h4-11,23H,1-3H3,(H2,25,26,27);;/q;2*+1/p-2. The Morgan fingerprint density at radius 3 is 2.19 bits per heavy atom. The molecular weight excluding hydrogens is 553 g/mol. The van der Waals surface area contributed by atoms with Crippen molar-refractivity contribution in [2.75, 3.05) is 18.9 Å². The van der Waals surface area contributed by atoms with E-state index in [1.807, 2.05) is 0 Å². The first kappa shape index (κ1) is 31.3. The molecule has 0 bridgehead atoms. The molecule has 0 aliphatic rings. The van der Waals surface area contributed by atoms with E-state index < -0.39 is 17.8 Å². The summed E-state index contributed by atoms with van der Waals surface area (Å²) >= 11 is 6.09. The predicted molar refractivity (Wildman–Crippen MR) is 124 cm³/mol. The maximum absolute atomic E-state index is 13.2. The molecule has 0 atom stereocenters. The normalized spacial score (nSPS) is 11.5. The van der Waals surface area contributed by atoms with Gasteiger partial charge in [-0.15, -0.1) is 0 Å². The summed E-state index contributed by atoms with van der Waals surface area (Å²) in [4.78, 5) is 21.9. The summed E-state index contributed by atoms with van der Waals surface area (Å²) in [5.74, 6) is 0.343. The molecule has 0 spiro atoms. The number of sulfonamides is 1. The number of halogens is 1. The van der Waals surface area contributed by atoms with Gasteiger partial charge < -0.3 is 32.9 Å². The fraction of sp³-hybridized carbons (Fsp3) is 0.143. The zero-order valence-electron chi connectivity index (χ0n) is 20.1. The molecule has 0 amide bonds. The summed E-state index contributed by atoms with van der Waals surface area (Å²) in [6.45, 7) is 0. The Balaban J connectivity index is 0.00000228. The van der Waals surface area contributed by atoms with Gasteiger partial charge in [0, 0.05) is 41.5 Å². The van der Waals surface area contributed by atoms with Crippen molar-refractivity contribution in [2.45, 2.75) is 4.90 Å². The van der Waals surface area contributed by atoms with Crippen LogP contribution in [-0.2, 0) is 21.6 Å². The number of hydrogen-bond acceptors (Lipinski definition) is 8. The Morgan fingerprint density at radius 2 is 1.58 bits per heavy atom. The molecule has 4 rings (SSSR count). The van der Waals surface area contributed by atoms with Gasteiger partial charge in [0.1, 0.15) is 25.1 Å².